The summed E-state index contributed by atoms with van der Waals surface area (Å²) in [6, 6.07) is 4.09. The van der Waals surface area contributed by atoms with Crippen molar-refractivity contribution in [3.05, 3.63) is 35.4 Å². The second-order valence-electron chi connectivity index (χ2n) is 10.4. The first-order chi connectivity index (χ1) is 13.9. The van der Waals surface area contributed by atoms with E-state index >= 15 is 0 Å². The molecule has 164 valence electrons. The van der Waals surface area contributed by atoms with Gasteiger partial charge in [0, 0.05) is 25.2 Å². The van der Waals surface area contributed by atoms with Gasteiger partial charge in [0.15, 0.2) is 0 Å². The first kappa shape index (κ1) is 21.3. The fourth-order valence-corrected chi connectivity index (χ4v) is 4.93. The molecular weight excluding hydrogens is 380 g/mol. The zero-order chi connectivity index (χ0) is 22.0. The normalized spacial score (nSPS) is 25.4. The van der Waals surface area contributed by atoms with Gasteiger partial charge in [-0.2, -0.15) is 0 Å². The maximum atomic E-state index is 13.1. The number of carbonyl (C=O) groups excluding carboxylic acids is 1. The predicted octanol–water partition coefficient (Wildman–Crippen LogP) is 2.57. The average molecular weight is 415 g/mol. The highest BCUT2D eigenvalue weighted by Gasteiger charge is 2.60. The Balaban J connectivity index is 1.42. The summed E-state index contributed by atoms with van der Waals surface area (Å²) in [4.78, 5) is 19.8. The van der Waals surface area contributed by atoms with Crippen molar-refractivity contribution in [1.82, 2.24) is 19.6 Å². The summed E-state index contributed by atoms with van der Waals surface area (Å²) >= 11 is 0. The number of nitrogens with zero attached hydrogens (tertiary/aromatic N) is 3. The molecule has 30 heavy (non-hydrogen) atoms. The van der Waals surface area contributed by atoms with Gasteiger partial charge in [0.25, 0.3) is 0 Å². The molecule has 1 saturated carbocycles. The quantitative estimate of drug-likeness (QED) is 0.735. The van der Waals surface area contributed by atoms with E-state index in [1.54, 1.807) is 0 Å². The van der Waals surface area contributed by atoms with Gasteiger partial charge >= 0.3 is 0 Å². The van der Waals surface area contributed by atoms with Crippen LogP contribution >= 0.6 is 0 Å². The van der Waals surface area contributed by atoms with Crippen molar-refractivity contribution in [3.63, 3.8) is 0 Å². The average Bonchev–Trinajstić information content (AvgIpc) is 2.95. The molecule has 2 N–H and O–H groups in total. The number of aryl methyl sites for hydroxylation is 2. The number of carbonyl (C=O) groups is 1. The van der Waals surface area contributed by atoms with E-state index in [0.717, 1.165) is 17.0 Å². The van der Waals surface area contributed by atoms with Crippen molar-refractivity contribution < 1.29 is 14.6 Å². The zero-order valence-corrected chi connectivity index (χ0v) is 19.1. The molecule has 2 aromatic rings. The molecule has 1 aliphatic carbocycles. The summed E-state index contributed by atoms with van der Waals surface area (Å²) in [5.41, 5.74) is 2.24. The van der Waals surface area contributed by atoms with Crippen molar-refractivity contribution >= 4 is 11.4 Å². The number of likely N-dealkylation sites (tertiary alicyclic amines) is 1. The largest absolute Gasteiger partial charge is 0.356 e. The number of aliphatic hydroxyl groups is 1. The van der Waals surface area contributed by atoms with Crippen LogP contribution in [-0.2, 0) is 15.1 Å². The molecule has 2 fully saturated rings. The van der Waals surface area contributed by atoms with Crippen LogP contribution in [0, 0.1) is 31.6 Å². The fourth-order valence-electron chi connectivity index (χ4n) is 4.93. The third-order valence-electron chi connectivity index (χ3n) is 6.33. The predicted molar refractivity (Wildman–Crippen MR) is 115 cm³/mol. The van der Waals surface area contributed by atoms with E-state index in [1.165, 1.54) is 5.56 Å². The minimum Gasteiger partial charge on any atom is -0.356 e. The smallest absolute Gasteiger partial charge is 0.224 e. The number of piperidine rings is 1. The maximum Gasteiger partial charge on any atom is 0.224 e. The van der Waals surface area contributed by atoms with E-state index in [2.05, 4.69) is 22.7 Å². The Hall–Kier alpha value is -1.96. The van der Waals surface area contributed by atoms with E-state index in [4.69, 9.17) is 9.72 Å². The van der Waals surface area contributed by atoms with Crippen LogP contribution < -0.4 is 5.32 Å². The topological polar surface area (TPSA) is 79.1 Å². The number of nitrogens with one attached hydrogen (secondary N) is 1. The van der Waals surface area contributed by atoms with Crippen LogP contribution in [0.4, 0.5) is 0 Å². The van der Waals surface area contributed by atoms with Crippen molar-refractivity contribution in [2.24, 2.45) is 17.8 Å². The lowest BCUT2D eigenvalue weighted by molar-refractivity contribution is -0.236. The van der Waals surface area contributed by atoms with E-state index in [-0.39, 0.29) is 23.7 Å². The molecule has 2 unspecified atom stereocenters. The Labute approximate surface area is 178 Å². The van der Waals surface area contributed by atoms with Crippen molar-refractivity contribution in [3.8, 4) is 0 Å². The highest BCUT2D eigenvalue weighted by atomic mass is 16.6. The summed E-state index contributed by atoms with van der Waals surface area (Å²) in [6.45, 7) is 15.2. The number of fused-ring (bicyclic) bond motifs is 2. The third-order valence-corrected chi connectivity index (χ3v) is 6.33. The molecule has 0 bridgehead atoms. The first-order valence-corrected chi connectivity index (χ1v) is 10.8. The molecule has 2 aromatic heterocycles. The minimum absolute atomic E-state index is 0.00331. The van der Waals surface area contributed by atoms with E-state index < -0.39 is 17.6 Å². The van der Waals surface area contributed by atoms with E-state index in [1.807, 2.05) is 58.7 Å². The van der Waals surface area contributed by atoms with Gasteiger partial charge in [0.1, 0.15) is 5.82 Å². The number of aromatic nitrogens is 2. The van der Waals surface area contributed by atoms with Gasteiger partial charge in [-0.25, -0.2) is 4.98 Å². The van der Waals surface area contributed by atoms with Crippen LogP contribution in [0.5, 0.6) is 0 Å². The Morgan fingerprint density at radius 3 is 2.47 bits per heavy atom. The monoisotopic (exact) mass is 414 g/mol. The standard InChI is InChI=1S/C23H34N4O3/c1-13-9-8-10-27-18(13)14(2)24-20(27)23(6,7)25-19(28)17-15-11-26(12-16(15)17)21(29)30-22(3,4)5/h8-10,15-17,21,29H,11-12H2,1-7H3,(H,25,28)/t15-,16+,17?,21?. The lowest BCUT2D eigenvalue weighted by Gasteiger charge is -2.31. The number of aliphatic hydroxyl groups excluding tert-OH is 1. The van der Waals surface area contributed by atoms with Gasteiger partial charge < -0.3 is 19.6 Å². The van der Waals surface area contributed by atoms with Crippen molar-refractivity contribution in [2.45, 2.75) is 66.0 Å². The summed E-state index contributed by atoms with van der Waals surface area (Å²) in [5, 5.41) is 13.5. The molecule has 0 radical (unpaired) electrons. The number of imidazole rings is 1. The molecule has 1 amide bonds. The van der Waals surface area contributed by atoms with Crippen LogP contribution in [0.2, 0.25) is 0 Å². The molecule has 4 atom stereocenters. The molecule has 3 heterocycles. The Bertz CT molecular complexity index is 963. The number of hydrogen-bond acceptors (Lipinski definition) is 5. The summed E-state index contributed by atoms with van der Waals surface area (Å²) in [7, 11) is 0. The van der Waals surface area contributed by atoms with Crippen LogP contribution in [-0.4, -0.2) is 50.4 Å². The van der Waals surface area contributed by atoms with Crippen LogP contribution in [0.15, 0.2) is 18.3 Å². The number of ether oxygens (including phenoxy) is 1. The molecule has 2 aliphatic rings. The minimum atomic E-state index is -0.916. The van der Waals surface area contributed by atoms with E-state index in [0.29, 0.717) is 13.1 Å². The SMILES string of the molecule is Cc1cccn2c(C(C)(C)NC(=O)C3[C@H]4CN(C(O)OC(C)(C)C)C[C@@H]34)nc(C)c12. The maximum absolute atomic E-state index is 13.1. The molecule has 1 saturated heterocycles. The van der Waals surface area contributed by atoms with E-state index in [9.17, 15) is 9.90 Å². The summed E-state index contributed by atoms with van der Waals surface area (Å²) in [5.74, 6) is 1.47. The second kappa shape index (κ2) is 7.04. The highest BCUT2D eigenvalue weighted by molar-refractivity contribution is 5.83. The summed E-state index contributed by atoms with van der Waals surface area (Å²) in [6.07, 6.45) is 1.09. The van der Waals surface area contributed by atoms with Gasteiger partial charge in [-0.05, 0) is 71.9 Å². The molecule has 4 rings (SSSR count). The zero-order valence-electron chi connectivity index (χ0n) is 19.1. The number of rotatable bonds is 5. The molecule has 0 spiro atoms. The fraction of sp³-hybridized carbons (Fsp3) is 0.652. The van der Waals surface area contributed by atoms with Gasteiger partial charge in [0.2, 0.25) is 12.3 Å². The summed E-state index contributed by atoms with van der Waals surface area (Å²) < 4.78 is 7.73. The lowest BCUT2D eigenvalue weighted by atomic mass is 10.0. The first-order valence-electron chi connectivity index (χ1n) is 10.8. The Morgan fingerprint density at radius 1 is 1.23 bits per heavy atom. The second-order valence-corrected chi connectivity index (χ2v) is 10.4. The van der Waals surface area contributed by atoms with Crippen LogP contribution in [0.3, 0.4) is 0 Å². The van der Waals surface area contributed by atoms with Gasteiger partial charge in [-0.3, -0.25) is 9.69 Å². The number of pyridine rings is 1. The van der Waals surface area contributed by atoms with Crippen LogP contribution in [0.1, 0.15) is 51.7 Å². The molecule has 7 heteroatoms. The van der Waals surface area contributed by atoms with Gasteiger partial charge in [0.05, 0.1) is 22.4 Å². The lowest BCUT2D eigenvalue weighted by Crippen LogP contribution is -2.46. The van der Waals surface area contributed by atoms with Crippen molar-refractivity contribution in [1.29, 1.82) is 0 Å². The third kappa shape index (κ3) is 3.74. The van der Waals surface area contributed by atoms with Gasteiger partial charge in [-0.15, -0.1) is 0 Å². The van der Waals surface area contributed by atoms with Crippen LogP contribution in [0.25, 0.3) is 5.52 Å². The number of amides is 1. The van der Waals surface area contributed by atoms with Gasteiger partial charge in [-0.1, -0.05) is 6.07 Å². The molecule has 1 aliphatic heterocycles. The Morgan fingerprint density at radius 2 is 1.87 bits per heavy atom. The van der Waals surface area contributed by atoms with Crippen molar-refractivity contribution in [2.75, 3.05) is 13.1 Å². The molecule has 7 nitrogen and oxygen atoms in total. The molecular formula is C23H34N4O3. The Kier molecular flexibility index (Phi) is 4.99. The highest BCUT2D eigenvalue weighted by Crippen LogP contribution is 2.52. The molecule has 0 aromatic carbocycles. The number of hydrogen-bond donors (Lipinski definition) is 2.